The number of halogens is 1. The number of carbonyl (C=O) groups excluding carboxylic acids is 1. The number of nitrogens with one attached hydrogen (secondary N) is 1. The van der Waals surface area contributed by atoms with E-state index in [9.17, 15) is 4.79 Å². The van der Waals surface area contributed by atoms with Gasteiger partial charge in [0.15, 0.2) is 0 Å². The van der Waals surface area contributed by atoms with Gasteiger partial charge in [-0.2, -0.15) is 0 Å². The normalized spacial score (nSPS) is 13.3. The fourth-order valence-corrected chi connectivity index (χ4v) is 1.89. The molecule has 1 N–H and O–H groups in total. The largest absolute Gasteiger partial charge is 0.444 e. The highest BCUT2D eigenvalue weighted by atomic mass is 127. The zero-order valence-corrected chi connectivity index (χ0v) is 13.7. The van der Waals surface area contributed by atoms with E-state index in [0.29, 0.717) is 0 Å². The van der Waals surface area contributed by atoms with Crippen molar-refractivity contribution in [1.29, 1.82) is 0 Å². The molecular weight excluding hydrogens is 353 g/mol. The van der Waals surface area contributed by atoms with Crippen molar-refractivity contribution < 1.29 is 9.53 Å². The van der Waals surface area contributed by atoms with Gasteiger partial charge in [-0.3, -0.25) is 0 Å². The molecule has 0 radical (unpaired) electrons. The molecule has 1 amide bonds. The van der Waals surface area contributed by atoms with E-state index in [2.05, 4.69) is 27.9 Å². The summed E-state index contributed by atoms with van der Waals surface area (Å²) in [5.41, 5.74) is 0.590. The van der Waals surface area contributed by atoms with Gasteiger partial charge in [-0.1, -0.05) is 59.0 Å². The minimum absolute atomic E-state index is 0.0675. The first-order valence-corrected chi connectivity index (χ1v) is 7.46. The minimum atomic E-state index is -0.482. The highest BCUT2D eigenvalue weighted by Crippen LogP contribution is 2.18. The Balaban J connectivity index is 2.73. The molecule has 0 unspecified atom stereocenters. The summed E-state index contributed by atoms with van der Waals surface area (Å²) in [7, 11) is 0. The van der Waals surface area contributed by atoms with Gasteiger partial charge in [-0.05, 0) is 36.8 Å². The fraction of sp³-hybridized carbons (Fsp3) is 0.400. The predicted octanol–water partition coefficient (Wildman–Crippen LogP) is 4.59. The number of rotatable bonds is 4. The molecule has 0 spiro atoms. The zero-order chi connectivity index (χ0) is 14.3. The standard InChI is InChI=1S/C15H20INO2/c1-15(2,3)19-14(18)17-13(10-7-11-16)12-8-5-4-6-9-12/h4-9,11,13H,10H2,1-3H3,(H,17,18)/b11-7-/t13-/m0/s1. The number of hydrogen-bond acceptors (Lipinski definition) is 2. The van der Waals surface area contributed by atoms with Crippen molar-refractivity contribution in [2.75, 3.05) is 0 Å². The van der Waals surface area contributed by atoms with Crippen LogP contribution < -0.4 is 5.32 Å². The topological polar surface area (TPSA) is 38.3 Å². The first kappa shape index (κ1) is 16.0. The molecule has 0 saturated carbocycles. The zero-order valence-electron chi connectivity index (χ0n) is 11.5. The molecule has 1 aromatic rings. The van der Waals surface area contributed by atoms with Crippen LogP contribution in [0.2, 0.25) is 0 Å². The smallest absolute Gasteiger partial charge is 0.408 e. The average Bonchev–Trinajstić information content (AvgIpc) is 2.33. The average molecular weight is 373 g/mol. The number of alkyl carbamates (subject to hydrolysis) is 1. The molecule has 0 aliphatic heterocycles. The first-order chi connectivity index (χ1) is 8.92. The van der Waals surface area contributed by atoms with Crippen LogP contribution in [0.25, 0.3) is 0 Å². The van der Waals surface area contributed by atoms with E-state index >= 15 is 0 Å². The Labute approximate surface area is 128 Å². The third-order valence-corrected chi connectivity index (χ3v) is 2.86. The molecule has 0 bridgehead atoms. The Hall–Kier alpha value is -1.04. The van der Waals surface area contributed by atoms with Crippen LogP contribution in [0, 0.1) is 0 Å². The van der Waals surface area contributed by atoms with Crippen molar-refractivity contribution in [2.24, 2.45) is 0 Å². The number of amides is 1. The highest BCUT2D eigenvalue weighted by molar-refractivity contribution is 14.1. The van der Waals surface area contributed by atoms with E-state index in [-0.39, 0.29) is 12.1 Å². The van der Waals surface area contributed by atoms with Crippen molar-refractivity contribution in [3.05, 3.63) is 46.1 Å². The molecule has 0 aromatic heterocycles. The number of carbonyl (C=O) groups is 1. The van der Waals surface area contributed by atoms with Gasteiger partial charge in [0.2, 0.25) is 0 Å². The van der Waals surface area contributed by atoms with E-state index in [0.717, 1.165) is 12.0 Å². The Kier molecular flexibility index (Phi) is 6.34. The van der Waals surface area contributed by atoms with Gasteiger partial charge in [-0.25, -0.2) is 4.79 Å². The summed E-state index contributed by atoms with van der Waals surface area (Å²) < 4.78 is 7.24. The van der Waals surface area contributed by atoms with Crippen molar-refractivity contribution in [1.82, 2.24) is 5.32 Å². The maximum absolute atomic E-state index is 11.8. The Morgan fingerprint density at radius 3 is 2.53 bits per heavy atom. The number of hydrogen-bond donors (Lipinski definition) is 1. The molecule has 1 aromatic carbocycles. The lowest BCUT2D eigenvalue weighted by Crippen LogP contribution is -2.34. The van der Waals surface area contributed by atoms with Crippen molar-refractivity contribution >= 4 is 28.7 Å². The Bertz CT molecular complexity index is 424. The monoisotopic (exact) mass is 373 g/mol. The lowest BCUT2D eigenvalue weighted by Gasteiger charge is -2.23. The van der Waals surface area contributed by atoms with Crippen LogP contribution in [-0.4, -0.2) is 11.7 Å². The van der Waals surface area contributed by atoms with E-state index < -0.39 is 5.60 Å². The molecule has 0 fully saturated rings. The van der Waals surface area contributed by atoms with Gasteiger partial charge in [0.1, 0.15) is 5.60 Å². The van der Waals surface area contributed by atoms with Crippen LogP contribution in [-0.2, 0) is 4.74 Å². The third kappa shape index (κ3) is 6.61. The molecule has 0 heterocycles. The Morgan fingerprint density at radius 1 is 1.37 bits per heavy atom. The van der Waals surface area contributed by atoms with E-state index in [1.807, 2.05) is 61.3 Å². The van der Waals surface area contributed by atoms with Gasteiger partial charge < -0.3 is 10.1 Å². The number of ether oxygens (including phenoxy) is 1. The summed E-state index contributed by atoms with van der Waals surface area (Å²) in [5.74, 6) is 0. The fourth-order valence-electron chi connectivity index (χ4n) is 1.60. The summed E-state index contributed by atoms with van der Waals surface area (Å²) in [6, 6.07) is 9.83. The second-order valence-electron chi connectivity index (χ2n) is 5.21. The quantitative estimate of drug-likeness (QED) is 0.784. The summed E-state index contributed by atoms with van der Waals surface area (Å²) in [6.45, 7) is 5.57. The molecule has 104 valence electrons. The maximum Gasteiger partial charge on any atom is 0.408 e. The Morgan fingerprint density at radius 2 is 2.00 bits per heavy atom. The van der Waals surface area contributed by atoms with E-state index in [1.165, 1.54) is 0 Å². The number of benzene rings is 1. The second kappa shape index (κ2) is 7.53. The predicted molar refractivity (Wildman–Crippen MR) is 86.3 cm³/mol. The summed E-state index contributed by atoms with van der Waals surface area (Å²) >= 11 is 2.17. The van der Waals surface area contributed by atoms with Gasteiger partial charge >= 0.3 is 6.09 Å². The summed E-state index contributed by atoms with van der Waals surface area (Å²) in [6.07, 6.45) is 2.38. The summed E-state index contributed by atoms with van der Waals surface area (Å²) in [5, 5.41) is 2.91. The van der Waals surface area contributed by atoms with Gasteiger partial charge in [-0.15, -0.1) is 0 Å². The molecule has 4 heteroatoms. The lowest BCUT2D eigenvalue weighted by atomic mass is 10.0. The third-order valence-electron chi connectivity index (χ3n) is 2.35. The van der Waals surface area contributed by atoms with Crippen LogP contribution >= 0.6 is 22.6 Å². The molecular formula is C15H20INO2. The van der Waals surface area contributed by atoms with Crippen LogP contribution in [0.1, 0.15) is 38.8 Å². The maximum atomic E-state index is 11.8. The minimum Gasteiger partial charge on any atom is -0.444 e. The van der Waals surface area contributed by atoms with Crippen molar-refractivity contribution in [2.45, 2.75) is 38.8 Å². The van der Waals surface area contributed by atoms with Crippen LogP contribution in [0.15, 0.2) is 40.5 Å². The molecule has 1 rings (SSSR count). The van der Waals surface area contributed by atoms with Crippen LogP contribution in [0.3, 0.4) is 0 Å². The van der Waals surface area contributed by atoms with Crippen LogP contribution in [0.5, 0.6) is 0 Å². The van der Waals surface area contributed by atoms with Gasteiger partial charge in [0.25, 0.3) is 0 Å². The second-order valence-corrected chi connectivity index (χ2v) is 5.93. The molecule has 1 atom stereocenters. The van der Waals surface area contributed by atoms with E-state index in [1.54, 1.807) is 0 Å². The first-order valence-electron chi connectivity index (χ1n) is 6.22. The highest BCUT2D eigenvalue weighted by Gasteiger charge is 2.19. The molecule has 0 saturated heterocycles. The molecule has 3 nitrogen and oxygen atoms in total. The van der Waals surface area contributed by atoms with Crippen molar-refractivity contribution in [3.8, 4) is 0 Å². The summed E-state index contributed by atoms with van der Waals surface area (Å²) in [4.78, 5) is 11.8. The molecule has 0 aliphatic rings. The van der Waals surface area contributed by atoms with Crippen molar-refractivity contribution in [3.63, 3.8) is 0 Å². The SMILES string of the molecule is CC(C)(C)OC(=O)N[C@@H](C/C=C\I)c1ccccc1. The van der Waals surface area contributed by atoms with Gasteiger partial charge in [0, 0.05) is 0 Å². The van der Waals surface area contributed by atoms with E-state index in [4.69, 9.17) is 4.74 Å². The van der Waals surface area contributed by atoms with Gasteiger partial charge in [0.05, 0.1) is 6.04 Å². The molecule has 0 aliphatic carbocycles. The molecule has 19 heavy (non-hydrogen) atoms. The van der Waals surface area contributed by atoms with Crippen LogP contribution in [0.4, 0.5) is 4.79 Å². The lowest BCUT2D eigenvalue weighted by molar-refractivity contribution is 0.0504.